The van der Waals surface area contributed by atoms with Crippen LogP contribution in [-0.4, -0.2) is 66.8 Å². The minimum atomic E-state index is -0.670. The van der Waals surface area contributed by atoms with Crippen LogP contribution in [0.15, 0.2) is 52.5 Å². The van der Waals surface area contributed by atoms with Gasteiger partial charge < -0.3 is 34.9 Å². The highest BCUT2D eigenvalue weighted by atomic mass is 35.5. The summed E-state index contributed by atoms with van der Waals surface area (Å²) in [5.41, 5.74) is 6.38. The van der Waals surface area contributed by atoms with Crippen LogP contribution in [0, 0.1) is 11.3 Å². The molecule has 1 spiro atoms. The van der Waals surface area contributed by atoms with Crippen LogP contribution in [0.5, 0.6) is 11.5 Å². The number of halogens is 1. The highest BCUT2D eigenvalue weighted by Gasteiger charge is 2.53. The molecule has 49 heavy (non-hydrogen) atoms. The predicted molar refractivity (Wildman–Crippen MR) is 187 cm³/mol. The standard InChI is InChI=1S/C35H42ClN5O7S/c1-20-24(42)18-35(29(20)40-33(44)48-34(2,3)4)12-15-41(16-13-35)23-17-25(47-19-21-7-9-22(45-5)10-8-21)31(39-28(23)32(43)46-6)49-26-11-14-38-30(37)27(26)36/h7-11,14,17,20,29H,12-13,15-16,18-19H2,1-6H3,(H2,37,38)(H,40,44)/t20-,29+/m1/s1. The second-order valence-corrected chi connectivity index (χ2v) is 14.7. The fraction of sp³-hybridized carbons (Fsp3) is 0.457. The number of nitrogens with zero attached hydrogens (tertiary/aromatic N) is 3. The summed E-state index contributed by atoms with van der Waals surface area (Å²) in [4.78, 5) is 50.5. The van der Waals surface area contributed by atoms with E-state index in [1.165, 1.54) is 18.9 Å². The highest BCUT2D eigenvalue weighted by Crippen LogP contribution is 2.49. The molecule has 2 atom stereocenters. The Morgan fingerprint density at radius 1 is 1.14 bits per heavy atom. The number of esters is 1. The maximum Gasteiger partial charge on any atom is 0.407 e. The van der Waals surface area contributed by atoms with Gasteiger partial charge in [-0.25, -0.2) is 19.6 Å². The Hall–Kier alpha value is -4.23. The lowest BCUT2D eigenvalue weighted by atomic mass is 9.73. The number of benzene rings is 1. The Morgan fingerprint density at radius 3 is 2.47 bits per heavy atom. The van der Waals surface area contributed by atoms with Crippen LogP contribution in [0.3, 0.4) is 0 Å². The number of nitrogens with two attached hydrogens (primary N) is 1. The molecule has 1 aromatic carbocycles. The van der Waals surface area contributed by atoms with Gasteiger partial charge in [0.15, 0.2) is 11.4 Å². The van der Waals surface area contributed by atoms with E-state index in [9.17, 15) is 14.4 Å². The van der Waals surface area contributed by atoms with Crippen LogP contribution in [0.4, 0.5) is 16.3 Å². The van der Waals surface area contributed by atoms with Crippen LogP contribution < -0.4 is 25.4 Å². The largest absolute Gasteiger partial charge is 0.497 e. The number of carbonyl (C=O) groups is 3. The van der Waals surface area contributed by atoms with Gasteiger partial charge in [-0.3, -0.25) is 4.79 Å². The summed E-state index contributed by atoms with van der Waals surface area (Å²) < 4.78 is 22.4. The Labute approximate surface area is 295 Å². The summed E-state index contributed by atoms with van der Waals surface area (Å²) >= 11 is 7.68. The third-order valence-corrected chi connectivity index (χ3v) is 10.5. The number of pyridine rings is 2. The first kappa shape index (κ1) is 36.1. The van der Waals surface area contributed by atoms with Gasteiger partial charge in [-0.15, -0.1) is 0 Å². The van der Waals surface area contributed by atoms with Crippen LogP contribution >= 0.6 is 23.4 Å². The molecule has 3 N–H and O–H groups in total. The van der Waals surface area contributed by atoms with Crippen molar-refractivity contribution >= 4 is 52.7 Å². The van der Waals surface area contributed by atoms with E-state index in [4.69, 9.17) is 41.3 Å². The van der Waals surface area contributed by atoms with E-state index in [1.54, 1.807) is 46.2 Å². The number of methoxy groups -OCH3 is 2. The first-order chi connectivity index (χ1) is 23.2. The number of alkyl carbamates (subject to hydrolysis) is 1. The molecule has 2 aliphatic rings. The molecular weight excluding hydrogens is 670 g/mol. The monoisotopic (exact) mass is 711 g/mol. The molecule has 1 amide bonds. The van der Waals surface area contributed by atoms with Crippen LogP contribution in [-0.2, 0) is 20.9 Å². The lowest BCUT2D eigenvalue weighted by Gasteiger charge is -2.44. The fourth-order valence-corrected chi connectivity index (χ4v) is 7.48. The number of ether oxygens (including phenoxy) is 4. The van der Waals surface area contributed by atoms with E-state index in [2.05, 4.69) is 15.2 Å². The first-order valence-corrected chi connectivity index (χ1v) is 17.2. The van der Waals surface area contributed by atoms with Gasteiger partial charge in [-0.1, -0.05) is 42.4 Å². The van der Waals surface area contributed by atoms with Gasteiger partial charge in [-0.2, -0.15) is 0 Å². The molecule has 1 aliphatic carbocycles. The van der Waals surface area contributed by atoms with Crippen molar-refractivity contribution in [3.8, 4) is 11.5 Å². The number of nitrogen functional groups attached to an aromatic ring is 1. The number of Topliss-reactive ketones (excluding diaryl/α,β-unsaturated/α-hetero) is 1. The van der Waals surface area contributed by atoms with Crippen molar-refractivity contribution in [2.45, 2.75) is 75.1 Å². The average molecular weight is 712 g/mol. The fourth-order valence-electron chi connectivity index (χ4n) is 6.37. The SMILES string of the molecule is COC(=O)c1nc(Sc2ccnc(N)c2Cl)c(OCc2ccc(OC)cc2)cc1N1CCC2(CC1)CC(=O)[C@@H](C)[C@@H]2NC(=O)OC(C)(C)C. The van der Waals surface area contributed by atoms with Gasteiger partial charge in [0, 0.05) is 54.0 Å². The summed E-state index contributed by atoms with van der Waals surface area (Å²) in [6, 6.07) is 10.6. The average Bonchev–Trinajstić information content (AvgIpc) is 3.29. The molecule has 0 bridgehead atoms. The summed E-state index contributed by atoms with van der Waals surface area (Å²) in [7, 11) is 2.91. The number of anilines is 2. The second kappa shape index (κ2) is 14.7. The summed E-state index contributed by atoms with van der Waals surface area (Å²) in [5.74, 6) is 0.449. The molecule has 1 aliphatic heterocycles. The summed E-state index contributed by atoms with van der Waals surface area (Å²) in [5, 5.41) is 3.66. The Balaban J connectivity index is 1.47. The van der Waals surface area contributed by atoms with Gasteiger partial charge in [0.05, 0.1) is 24.9 Å². The minimum absolute atomic E-state index is 0.107. The number of rotatable bonds is 9. The quantitative estimate of drug-likeness (QED) is 0.238. The summed E-state index contributed by atoms with van der Waals surface area (Å²) in [6.07, 6.45) is 2.54. The topological polar surface area (TPSA) is 155 Å². The molecule has 5 rings (SSSR count). The maximum absolute atomic E-state index is 13.2. The number of carbonyl (C=O) groups excluding carboxylic acids is 3. The number of ketones is 1. The van der Waals surface area contributed by atoms with E-state index >= 15 is 0 Å². The molecule has 2 fully saturated rings. The molecule has 0 unspecified atom stereocenters. The molecule has 0 radical (unpaired) electrons. The van der Waals surface area contributed by atoms with E-state index in [1.807, 2.05) is 31.2 Å². The van der Waals surface area contributed by atoms with Gasteiger partial charge >= 0.3 is 12.1 Å². The van der Waals surface area contributed by atoms with Crippen molar-refractivity contribution in [2.24, 2.45) is 11.3 Å². The molecule has 1 saturated heterocycles. The lowest BCUT2D eigenvalue weighted by Crippen LogP contribution is -2.53. The normalized spacial score (nSPS) is 18.7. The molecule has 2 aromatic heterocycles. The molecule has 14 heteroatoms. The van der Waals surface area contributed by atoms with Crippen molar-refractivity contribution in [1.82, 2.24) is 15.3 Å². The van der Waals surface area contributed by atoms with Crippen molar-refractivity contribution in [3.63, 3.8) is 0 Å². The lowest BCUT2D eigenvalue weighted by molar-refractivity contribution is -0.120. The Kier molecular flexibility index (Phi) is 10.8. The highest BCUT2D eigenvalue weighted by molar-refractivity contribution is 7.99. The van der Waals surface area contributed by atoms with Crippen molar-refractivity contribution in [2.75, 3.05) is 37.9 Å². The number of nitrogens with one attached hydrogen (secondary N) is 1. The zero-order valence-corrected chi connectivity index (χ0v) is 30.1. The third kappa shape index (κ3) is 8.16. The third-order valence-electron chi connectivity index (χ3n) is 8.92. The molecule has 3 aromatic rings. The van der Waals surface area contributed by atoms with Crippen molar-refractivity contribution in [1.29, 1.82) is 0 Å². The Morgan fingerprint density at radius 2 is 1.84 bits per heavy atom. The molecule has 262 valence electrons. The van der Waals surface area contributed by atoms with Gasteiger partial charge in [0.2, 0.25) is 0 Å². The predicted octanol–water partition coefficient (Wildman–Crippen LogP) is 6.33. The number of hydrogen-bond acceptors (Lipinski definition) is 12. The van der Waals surface area contributed by atoms with Crippen LogP contribution in [0.25, 0.3) is 0 Å². The first-order valence-electron chi connectivity index (χ1n) is 16.0. The second-order valence-electron chi connectivity index (χ2n) is 13.3. The van der Waals surface area contributed by atoms with Crippen molar-refractivity contribution < 1.29 is 33.3 Å². The van der Waals surface area contributed by atoms with E-state index in [-0.39, 0.29) is 40.9 Å². The maximum atomic E-state index is 13.2. The van der Waals surface area contributed by atoms with Gasteiger partial charge in [0.1, 0.15) is 34.6 Å². The summed E-state index contributed by atoms with van der Waals surface area (Å²) in [6.45, 7) is 8.47. The molecular formula is C35H42ClN5O7S. The number of piperidine rings is 1. The van der Waals surface area contributed by atoms with Crippen LogP contribution in [0.1, 0.15) is 63.0 Å². The Bertz CT molecular complexity index is 1710. The molecule has 12 nitrogen and oxygen atoms in total. The minimum Gasteiger partial charge on any atom is -0.497 e. The van der Waals surface area contributed by atoms with E-state index in [0.717, 1.165) is 11.3 Å². The number of hydrogen-bond donors (Lipinski definition) is 2. The van der Waals surface area contributed by atoms with E-state index in [0.29, 0.717) is 53.7 Å². The van der Waals surface area contributed by atoms with Crippen LogP contribution in [0.2, 0.25) is 5.02 Å². The smallest absolute Gasteiger partial charge is 0.407 e. The van der Waals surface area contributed by atoms with Gasteiger partial charge in [-0.05, 0) is 57.4 Å². The molecule has 3 heterocycles. The molecule has 1 saturated carbocycles. The number of aromatic nitrogens is 2. The zero-order chi connectivity index (χ0) is 35.5. The van der Waals surface area contributed by atoms with E-state index < -0.39 is 23.1 Å². The van der Waals surface area contributed by atoms with Gasteiger partial charge in [0.25, 0.3) is 0 Å². The van der Waals surface area contributed by atoms with Crippen molar-refractivity contribution in [3.05, 3.63) is 58.9 Å². The zero-order valence-electron chi connectivity index (χ0n) is 28.5. The number of amides is 1.